The Bertz CT molecular complexity index is 257. The molecule has 0 aliphatic heterocycles. The maximum Gasteiger partial charge on any atom is 0.165 e. The average molecular weight is 136 g/mol. The molecule has 0 amide bonds. The fraction of sp³-hybridized carbons (Fsp3) is 0.500. The average Bonchev–Trinajstić information content (AvgIpc) is 2.34. The zero-order chi connectivity index (χ0) is 7.56. The van der Waals surface area contributed by atoms with E-state index in [0.29, 0.717) is 0 Å². The molecule has 52 valence electrons. The third kappa shape index (κ3) is 0.982. The molecular weight excluding hydrogens is 128 g/mol. The van der Waals surface area contributed by atoms with Gasteiger partial charge >= 0.3 is 0 Å². The molecule has 0 saturated heterocycles. The molecule has 0 aromatic carbocycles. The van der Waals surface area contributed by atoms with Gasteiger partial charge in [-0.25, -0.2) is 4.68 Å². The Balaban J connectivity index is 2.96. The largest absolute Gasteiger partial charge is 0.231 e. The predicted molar refractivity (Wildman–Crippen MR) is 36.0 cm³/mol. The Morgan fingerprint density at radius 3 is 2.80 bits per heavy atom. The summed E-state index contributed by atoms with van der Waals surface area (Å²) >= 11 is 0. The van der Waals surface area contributed by atoms with E-state index >= 15 is 0 Å². The van der Waals surface area contributed by atoms with E-state index in [1.165, 1.54) is 0 Å². The van der Waals surface area contributed by atoms with Crippen molar-refractivity contribution < 1.29 is 0 Å². The van der Waals surface area contributed by atoms with Gasteiger partial charge in [0.15, 0.2) is 5.82 Å². The van der Waals surface area contributed by atoms with Crippen LogP contribution >= 0.6 is 0 Å². The summed E-state index contributed by atoms with van der Waals surface area (Å²) in [5.74, 6) is 3.26. The van der Waals surface area contributed by atoms with E-state index in [1.807, 2.05) is 6.92 Å². The number of aromatic nitrogens is 4. The molecule has 1 aromatic rings. The molecule has 0 aliphatic rings. The number of hydrogen-bond acceptors (Lipinski definition) is 3. The summed E-state index contributed by atoms with van der Waals surface area (Å²) < 4.78 is 1.57. The van der Waals surface area contributed by atoms with Crippen molar-refractivity contribution in [2.24, 2.45) is 7.05 Å². The van der Waals surface area contributed by atoms with Gasteiger partial charge in [-0.05, 0) is 17.4 Å². The van der Waals surface area contributed by atoms with Crippen molar-refractivity contribution >= 4 is 0 Å². The summed E-state index contributed by atoms with van der Waals surface area (Å²) in [6.07, 6.45) is 5.17. The highest BCUT2D eigenvalue weighted by Gasteiger charge is 2.07. The standard InChI is InChI=1S/C6H8N4/c1-4-5(2)6-7-8-9-10(6)3/h1,5H,2-3H3. The highest BCUT2D eigenvalue weighted by Crippen LogP contribution is 2.06. The summed E-state index contributed by atoms with van der Waals surface area (Å²) in [4.78, 5) is 0. The van der Waals surface area contributed by atoms with Crippen LogP contribution in [0.3, 0.4) is 0 Å². The quantitative estimate of drug-likeness (QED) is 0.508. The molecule has 1 aromatic heterocycles. The highest BCUT2D eigenvalue weighted by atomic mass is 15.5. The predicted octanol–water partition coefficient (Wildman–Crippen LogP) is -0.0532. The summed E-state index contributed by atoms with van der Waals surface area (Å²) in [6.45, 7) is 1.88. The van der Waals surface area contributed by atoms with Crippen LogP contribution in [0.25, 0.3) is 0 Å². The maximum absolute atomic E-state index is 5.17. The van der Waals surface area contributed by atoms with E-state index < -0.39 is 0 Å². The first-order valence-corrected chi connectivity index (χ1v) is 2.94. The summed E-state index contributed by atoms with van der Waals surface area (Å²) in [6, 6.07) is 0. The molecule has 0 bridgehead atoms. The summed E-state index contributed by atoms with van der Waals surface area (Å²) in [5.41, 5.74) is 0. The molecular formula is C6H8N4. The minimum absolute atomic E-state index is 0.0139. The number of nitrogens with zero attached hydrogens (tertiary/aromatic N) is 4. The molecule has 1 atom stereocenters. The van der Waals surface area contributed by atoms with E-state index in [9.17, 15) is 0 Å². The van der Waals surface area contributed by atoms with Gasteiger partial charge in [-0.1, -0.05) is 5.92 Å². The molecule has 10 heavy (non-hydrogen) atoms. The first-order valence-electron chi connectivity index (χ1n) is 2.94. The monoisotopic (exact) mass is 136 g/mol. The molecule has 0 spiro atoms. The Labute approximate surface area is 59.2 Å². The van der Waals surface area contributed by atoms with E-state index in [1.54, 1.807) is 11.7 Å². The Kier molecular flexibility index (Phi) is 1.67. The second-order valence-corrected chi connectivity index (χ2v) is 2.05. The second kappa shape index (κ2) is 2.48. The number of tetrazole rings is 1. The van der Waals surface area contributed by atoms with Crippen LogP contribution in [0.2, 0.25) is 0 Å². The van der Waals surface area contributed by atoms with Crippen LogP contribution < -0.4 is 0 Å². The van der Waals surface area contributed by atoms with Crippen LogP contribution in [0.1, 0.15) is 18.7 Å². The van der Waals surface area contributed by atoms with Crippen molar-refractivity contribution in [2.75, 3.05) is 0 Å². The van der Waals surface area contributed by atoms with Gasteiger partial charge in [0.1, 0.15) is 0 Å². The molecule has 1 unspecified atom stereocenters. The van der Waals surface area contributed by atoms with Gasteiger partial charge in [0.2, 0.25) is 0 Å². The Morgan fingerprint density at radius 2 is 2.40 bits per heavy atom. The van der Waals surface area contributed by atoms with Gasteiger partial charge in [-0.3, -0.25) is 0 Å². The zero-order valence-electron chi connectivity index (χ0n) is 5.94. The van der Waals surface area contributed by atoms with Crippen LogP contribution in [0, 0.1) is 12.3 Å². The Morgan fingerprint density at radius 1 is 1.70 bits per heavy atom. The van der Waals surface area contributed by atoms with Gasteiger partial charge in [-0.15, -0.1) is 11.5 Å². The fourth-order valence-corrected chi connectivity index (χ4v) is 0.678. The maximum atomic E-state index is 5.17. The second-order valence-electron chi connectivity index (χ2n) is 2.05. The van der Waals surface area contributed by atoms with Crippen LogP contribution in [0.15, 0.2) is 0 Å². The lowest BCUT2D eigenvalue weighted by molar-refractivity contribution is 0.669. The van der Waals surface area contributed by atoms with Crippen molar-refractivity contribution in [3.05, 3.63) is 5.82 Å². The molecule has 0 fully saturated rings. The first kappa shape index (κ1) is 6.75. The van der Waals surface area contributed by atoms with Gasteiger partial charge < -0.3 is 0 Å². The van der Waals surface area contributed by atoms with E-state index in [0.717, 1.165) is 5.82 Å². The van der Waals surface area contributed by atoms with Crippen LogP contribution in [0.5, 0.6) is 0 Å². The number of hydrogen-bond donors (Lipinski definition) is 0. The molecule has 0 radical (unpaired) electrons. The molecule has 1 heterocycles. The van der Waals surface area contributed by atoms with Crippen LogP contribution in [-0.2, 0) is 7.05 Å². The van der Waals surface area contributed by atoms with Crippen molar-refractivity contribution in [3.8, 4) is 12.3 Å². The minimum atomic E-state index is -0.0139. The van der Waals surface area contributed by atoms with E-state index in [4.69, 9.17) is 6.42 Å². The van der Waals surface area contributed by atoms with Crippen molar-refractivity contribution in [1.82, 2.24) is 20.2 Å². The Hall–Kier alpha value is -1.37. The molecule has 0 N–H and O–H groups in total. The third-order valence-electron chi connectivity index (χ3n) is 1.29. The first-order chi connectivity index (χ1) is 4.75. The molecule has 1 rings (SSSR count). The van der Waals surface area contributed by atoms with Gasteiger partial charge in [-0.2, -0.15) is 0 Å². The smallest absolute Gasteiger partial charge is 0.165 e. The van der Waals surface area contributed by atoms with Gasteiger partial charge in [0, 0.05) is 7.05 Å². The molecule has 4 heteroatoms. The van der Waals surface area contributed by atoms with Crippen molar-refractivity contribution in [1.29, 1.82) is 0 Å². The number of rotatable bonds is 1. The lowest BCUT2D eigenvalue weighted by Gasteiger charge is -1.98. The van der Waals surface area contributed by atoms with E-state index in [2.05, 4.69) is 21.4 Å². The van der Waals surface area contributed by atoms with Crippen molar-refractivity contribution in [3.63, 3.8) is 0 Å². The topological polar surface area (TPSA) is 43.6 Å². The van der Waals surface area contributed by atoms with Gasteiger partial charge in [0.05, 0.1) is 5.92 Å². The normalized spacial score (nSPS) is 12.5. The molecule has 0 aliphatic carbocycles. The lowest BCUT2D eigenvalue weighted by Crippen LogP contribution is -2.01. The lowest BCUT2D eigenvalue weighted by atomic mass is 10.2. The van der Waals surface area contributed by atoms with Crippen LogP contribution in [-0.4, -0.2) is 20.2 Å². The molecule has 4 nitrogen and oxygen atoms in total. The number of terminal acetylenes is 1. The fourth-order valence-electron chi connectivity index (χ4n) is 0.678. The number of aryl methyl sites for hydroxylation is 1. The van der Waals surface area contributed by atoms with Crippen molar-refractivity contribution in [2.45, 2.75) is 12.8 Å². The molecule has 0 saturated carbocycles. The highest BCUT2D eigenvalue weighted by molar-refractivity contribution is 5.08. The van der Waals surface area contributed by atoms with Gasteiger partial charge in [0.25, 0.3) is 0 Å². The summed E-state index contributed by atoms with van der Waals surface area (Å²) in [5, 5.41) is 10.8. The minimum Gasteiger partial charge on any atom is -0.231 e. The van der Waals surface area contributed by atoms with Crippen LogP contribution in [0.4, 0.5) is 0 Å². The van der Waals surface area contributed by atoms with E-state index in [-0.39, 0.29) is 5.92 Å². The zero-order valence-corrected chi connectivity index (χ0v) is 5.94. The third-order valence-corrected chi connectivity index (χ3v) is 1.29. The summed E-state index contributed by atoms with van der Waals surface area (Å²) in [7, 11) is 1.77. The SMILES string of the molecule is C#CC(C)c1nnnn1C.